The van der Waals surface area contributed by atoms with Gasteiger partial charge < -0.3 is 5.32 Å². The molecular formula is C19H18FN5O3S. The summed E-state index contributed by atoms with van der Waals surface area (Å²) in [6.07, 6.45) is 0. The van der Waals surface area contributed by atoms with Crippen LogP contribution in [0.15, 0.2) is 48.5 Å². The Labute approximate surface area is 170 Å². The minimum Gasteiger partial charge on any atom is -0.350 e. The van der Waals surface area contributed by atoms with Crippen LogP contribution in [0.25, 0.3) is 5.69 Å². The maximum absolute atomic E-state index is 13.6. The Morgan fingerprint density at radius 1 is 1.28 bits per heavy atom. The van der Waals surface area contributed by atoms with Crippen molar-refractivity contribution >= 4 is 23.4 Å². The molecule has 0 fully saturated rings. The molecule has 3 rings (SSSR count). The average molecular weight is 415 g/mol. The smallest absolute Gasteiger partial charge is 0.273 e. The molecule has 0 saturated carbocycles. The lowest BCUT2D eigenvalue weighted by atomic mass is 10.2. The molecule has 29 heavy (non-hydrogen) atoms. The van der Waals surface area contributed by atoms with Gasteiger partial charge in [-0.3, -0.25) is 14.9 Å². The number of non-ortho nitro benzene ring substituents is 1. The van der Waals surface area contributed by atoms with Gasteiger partial charge in [0.2, 0.25) is 0 Å². The molecule has 8 nitrogen and oxygen atoms in total. The SMILES string of the molecule is Cc1c(C(=O)NCCSCc2ccccc2F)nnn1-c1cccc([N+](=O)[O-])c1. The van der Waals surface area contributed by atoms with Crippen LogP contribution in [0.1, 0.15) is 21.7 Å². The topological polar surface area (TPSA) is 103 Å². The molecule has 0 aliphatic carbocycles. The Hall–Kier alpha value is -3.27. The Kier molecular flexibility index (Phi) is 6.55. The first kappa shape index (κ1) is 20.5. The number of nitro groups is 1. The number of hydrogen-bond acceptors (Lipinski definition) is 6. The molecule has 0 radical (unpaired) electrons. The van der Waals surface area contributed by atoms with Gasteiger partial charge in [-0.05, 0) is 24.6 Å². The number of halogens is 1. The maximum atomic E-state index is 13.6. The summed E-state index contributed by atoms with van der Waals surface area (Å²) in [5.41, 5.74) is 1.62. The maximum Gasteiger partial charge on any atom is 0.273 e. The lowest BCUT2D eigenvalue weighted by molar-refractivity contribution is -0.384. The number of carbonyl (C=O) groups excluding carboxylic acids is 1. The lowest BCUT2D eigenvalue weighted by Gasteiger charge is -2.06. The van der Waals surface area contributed by atoms with E-state index in [9.17, 15) is 19.3 Å². The number of hydrogen-bond donors (Lipinski definition) is 1. The Morgan fingerprint density at radius 2 is 2.07 bits per heavy atom. The zero-order chi connectivity index (χ0) is 20.8. The molecule has 3 aromatic rings. The normalized spacial score (nSPS) is 10.7. The van der Waals surface area contributed by atoms with E-state index < -0.39 is 4.92 Å². The number of rotatable bonds is 8. The highest BCUT2D eigenvalue weighted by Crippen LogP contribution is 2.18. The quantitative estimate of drug-likeness (QED) is 0.344. The van der Waals surface area contributed by atoms with Crippen LogP contribution in [0.3, 0.4) is 0 Å². The predicted molar refractivity (Wildman–Crippen MR) is 108 cm³/mol. The van der Waals surface area contributed by atoms with Gasteiger partial charge in [-0.25, -0.2) is 9.07 Å². The number of aromatic nitrogens is 3. The van der Waals surface area contributed by atoms with Crippen LogP contribution in [0.2, 0.25) is 0 Å². The van der Waals surface area contributed by atoms with Gasteiger partial charge in [0, 0.05) is 30.2 Å². The summed E-state index contributed by atoms with van der Waals surface area (Å²) in [7, 11) is 0. The first-order valence-electron chi connectivity index (χ1n) is 8.74. The van der Waals surface area contributed by atoms with E-state index in [1.807, 2.05) is 0 Å². The zero-order valence-electron chi connectivity index (χ0n) is 15.5. The average Bonchev–Trinajstić information content (AvgIpc) is 3.10. The molecule has 0 saturated heterocycles. The summed E-state index contributed by atoms with van der Waals surface area (Å²) >= 11 is 1.51. The van der Waals surface area contributed by atoms with E-state index >= 15 is 0 Å². The fourth-order valence-electron chi connectivity index (χ4n) is 2.64. The molecule has 1 N–H and O–H groups in total. The largest absolute Gasteiger partial charge is 0.350 e. The van der Waals surface area contributed by atoms with Crippen LogP contribution in [0.5, 0.6) is 0 Å². The lowest BCUT2D eigenvalue weighted by Crippen LogP contribution is -2.26. The van der Waals surface area contributed by atoms with Crippen molar-refractivity contribution < 1.29 is 14.1 Å². The summed E-state index contributed by atoms with van der Waals surface area (Å²) in [4.78, 5) is 22.8. The zero-order valence-corrected chi connectivity index (χ0v) is 16.4. The van der Waals surface area contributed by atoms with Crippen LogP contribution in [-0.4, -0.2) is 38.1 Å². The number of nitrogens with zero attached hydrogens (tertiary/aromatic N) is 4. The van der Waals surface area contributed by atoms with Gasteiger partial charge in [-0.2, -0.15) is 11.8 Å². The standard InChI is InChI=1S/C19H18FN5O3S/c1-13-18(22-23-24(13)15-6-4-7-16(11-15)25(27)28)19(26)21-9-10-29-12-14-5-2-3-8-17(14)20/h2-8,11H,9-10,12H2,1H3,(H,21,26). The molecule has 0 aliphatic heterocycles. The summed E-state index contributed by atoms with van der Waals surface area (Å²) in [5.74, 6) is 0.506. The Morgan fingerprint density at radius 3 is 2.83 bits per heavy atom. The van der Waals surface area contributed by atoms with Crippen LogP contribution in [-0.2, 0) is 5.75 Å². The van der Waals surface area contributed by atoms with Crippen LogP contribution < -0.4 is 5.32 Å². The van der Waals surface area contributed by atoms with Crippen molar-refractivity contribution in [3.8, 4) is 5.69 Å². The van der Waals surface area contributed by atoms with Gasteiger partial charge in [0.05, 0.1) is 16.3 Å². The number of amides is 1. The monoisotopic (exact) mass is 415 g/mol. The van der Waals surface area contributed by atoms with Crippen LogP contribution in [0.4, 0.5) is 10.1 Å². The second-order valence-corrected chi connectivity index (χ2v) is 7.22. The molecular weight excluding hydrogens is 397 g/mol. The molecule has 0 atom stereocenters. The van der Waals surface area contributed by atoms with E-state index in [1.165, 1.54) is 34.6 Å². The fourth-order valence-corrected chi connectivity index (χ4v) is 3.49. The summed E-state index contributed by atoms with van der Waals surface area (Å²) in [6, 6.07) is 12.5. The molecule has 10 heteroatoms. The highest BCUT2D eigenvalue weighted by atomic mass is 32.2. The van der Waals surface area contributed by atoms with E-state index in [0.717, 1.165) is 0 Å². The van der Waals surface area contributed by atoms with Gasteiger partial charge in [-0.1, -0.05) is 29.5 Å². The minimum atomic E-state index is -0.498. The number of benzene rings is 2. The predicted octanol–water partition coefficient (Wildman–Crippen LogP) is 3.29. The molecule has 1 heterocycles. The molecule has 1 amide bonds. The third-order valence-corrected chi connectivity index (χ3v) is 5.15. The third-order valence-electron chi connectivity index (χ3n) is 4.14. The van der Waals surface area contributed by atoms with Gasteiger partial charge in [0.15, 0.2) is 5.69 Å². The number of carbonyl (C=O) groups is 1. The third kappa shape index (κ3) is 4.96. The van der Waals surface area contributed by atoms with Gasteiger partial charge in [0.1, 0.15) is 5.82 Å². The molecule has 0 aliphatic rings. The summed E-state index contributed by atoms with van der Waals surface area (Å²) < 4.78 is 15.0. The molecule has 150 valence electrons. The number of nitro benzene ring substituents is 1. The number of nitrogens with one attached hydrogen (secondary N) is 1. The second-order valence-electron chi connectivity index (χ2n) is 6.11. The second kappa shape index (κ2) is 9.28. The molecule has 2 aromatic carbocycles. The molecule has 0 spiro atoms. The molecule has 1 aromatic heterocycles. The van der Waals surface area contributed by atoms with Crippen molar-refractivity contribution in [3.05, 3.63) is 81.4 Å². The highest BCUT2D eigenvalue weighted by molar-refractivity contribution is 7.98. The number of thioether (sulfide) groups is 1. The molecule has 0 unspecified atom stereocenters. The Bertz CT molecular complexity index is 1040. The van der Waals surface area contributed by atoms with E-state index in [-0.39, 0.29) is 23.1 Å². The summed E-state index contributed by atoms with van der Waals surface area (Å²) in [5, 5.41) is 21.5. The Balaban J connectivity index is 1.56. The van der Waals surface area contributed by atoms with Crippen molar-refractivity contribution in [1.29, 1.82) is 0 Å². The summed E-state index contributed by atoms with van der Waals surface area (Å²) in [6.45, 7) is 2.06. The minimum absolute atomic E-state index is 0.0738. The van der Waals surface area contributed by atoms with Crippen molar-refractivity contribution in [2.24, 2.45) is 0 Å². The van der Waals surface area contributed by atoms with E-state index in [4.69, 9.17) is 0 Å². The van der Waals surface area contributed by atoms with Crippen molar-refractivity contribution in [2.45, 2.75) is 12.7 Å². The fraction of sp³-hybridized carbons (Fsp3) is 0.211. The van der Waals surface area contributed by atoms with Gasteiger partial charge in [-0.15, -0.1) is 5.10 Å². The van der Waals surface area contributed by atoms with Crippen molar-refractivity contribution in [2.75, 3.05) is 12.3 Å². The van der Waals surface area contributed by atoms with Crippen LogP contribution in [0, 0.1) is 22.9 Å². The highest BCUT2D eigenvalue weighted by Gasteiger charge is 2.18. The van der Waals surface area contributed by atoms with Crippen molar-refractivity contribution in [3.63, 3.8) is 0 Å². The van der Waals surface area contributed by atoms with Crippen molar-refractivity contribution in [1.82, 2.24) is 20.3 Å². The molecule has 0 bridgehead atoms. The first-order chi connectivity index (χ1) is 14.0. The van der Waals surface area contributed by atoms with E-state index in [1.54, 1.807) is 37.3 Å². The van der Waals surface area contributed by atoms with E-state index in [2.05, 4.69) is 15.6 Å². The van der Waals surface area contributed by atoms with Crippen LogP contribution >= 0.6 is 11.8 Å². The first-order valence-corrected chi connectivity index (χ1v) is 9.89. The van der Waals surface area contributed by atoms with Gasteiger partial charge in [0.25, 0.3) is 11.6 Å². The van der Waals surface area contributed by atoms with Gasteiger partial charge >= 0.3 is 0 Å². The van der Waals surface area contributed by atoms with E-state index in [0.29, 0.717) is 35.0 Å².